The first-order valence-electron chi connectivity index (χ1n) is 6.06. The molecule has 0 heterocycles. The van der Waals surface area contributed by atoms with E-state index in [2.05, 4.69) is 31.1 Å². The highest BCUT2D eigenvalue weighted by atomic mass is 16.5. The second-order valence-corrected chi connectivity index (χ2v) is 5.06. The van der Waals surface area contributed by atoms with Crippen LogP contribution in [0.3, 0.4) is 0 Å². The molecule has 1 aliphatic rings. The zero-order valence-corrected chi connectivity index (χ0v) is 10.6. The molecular formula is C12H26N2O. The van der Waals surface area contributed by atoms with Gasteiger partial charge in [-0.1, -0.05) is 13.8 Å². The molecule has 0 amide bonds. The lowest BCUT2D eigenvalue weighted by Gasteiger charge is -2.28. The summed E-state index contributed by atoms with van der Waals surface area (Å²) in [5.74, 6) is 0.952. The standard InChI is InChI=1S/C12H26N2O/c1-10(2)13-7-12(9-15-4)14(3)8-11-5-6-11/h10-13H,5-9H2,1-4H3. The van der Waals surface area contributed by atoms with E-state index in [-0.39, 0.29) is 0 Å². The monoisotopic (exact) mass is 214 g/mol. The quantitative estimate of drug-likeness (QED) is 0.660. The molecule has 0 aromatic rings. The van der Waals surface area contributed by atoms with E-state index in [0.29, 0.717) is 12.1 Å². The van der Waals surface area contributed by atoms with Gasteiger partial charge in [0, 0.05) is 32.3 Å². The van der Waals surface area contributed by atoms with E-state index < -0.39 is 0 Å². The van der Waals surface area contributed by atoms with Gasteiger partial charge in [-0.25, -0.2) is 0 Å². The summed E-state index contributed by atoms with van der Waals surface area (Å²) in [6.07, 6.45) is 2.84. The Hall–Kier alpha value is -0.120. The van der Waals surface area contributed by atoms with E-state index in [1.54, 1.807) is 7.11 Å². The van der Waals surface area contributed by atoms with Gasteiger partial charge in [0.2, 0.25) is 0 Å². The Kier molecular flexibility index (Phi) is 5.58. The Morgan fingerprint density at radius 3 is 2.53 bits per heavy atom. The first-order chi connectivity index (χ1) is 7.13. The van der Waals surface area contributed by atoms with Crippen molar-refractivity contribution in [2.75, 3.05) is 33.9 Å². The summed E-state index contributed by atoms with van der Waals surface area (Å²) in [5.41, 5.74) is 0. The second-order valence-electron chi connectivity index (χ2n) is 5.06. The number of nitrogens with one attached hydrogen (secondary N) is 1. The molecule has 0 aromatic heterocycles. The first-order valence-corrected chi connectivity index (χ1v) is 6.06. The van der Waals surface area contributed by atoms with Crippen molar-refractivity contribution in [1.29, 1.82) is 0 Å². The number of hydrogen-bond acceptors (Lipinski definition) is 3. The summed E-state index contributed by atoms with van der Waals surface area (Å²) in [4.78, 5) is 2.44. The van der Waals surface area contributed by atoms with Gasteiger partial charge in [-0.05, 0) is 25.8 Å². The van der Waals surface area contributed by atoms with Crippen molar-refractivity contribution in [3.8, 4) is 0 Å². The molecule has 0 spiro atoms. The van der Waals surface area contributed by atoms with E-state index in [0.717, 1.165) is 19.1 Å². The molecule has 0 aromatic carbocycles. The van der Waals surface area contributed by atoms with Crippen LogP contribution < -0.4 is 5.32 Å². The SMILES string of the molecule is COCC(CNC(C)C)N(C)CC1CC1. The van der Waals surface area contributed by atoms with Crippen LogP contribution in [0.4, 0.5) is 0 Å². The Morgan fingerprint density at radius 1 is 1.40 bits per heavy atom. The number of likely N-dealkylation sites (N-methyl/N-ethyl adjacent to an activating group) is 1. The summed E-state index contributed by atoms with van der Waals surface area (Å²) < 4.78 is 5.28. The Labute approximate surface area is 94.2 Å². The van der Waals surface area contributed by atoms with Gasteiger partial charge >= 0.3 is 0 Å². The Balaban J connectivity index is 2.25. The lowest BCUT2D eigenvalue weighted by Crippen LogP contribution is -2.45. The molecule has 0 bridgehead atoms. The van der Waals surface area contributed by atoms with E-state index in [1.165, 1.54) is 19.4 Å². The van der Waals surface area contributed by atoms with Crippen LogP contribution in [0.2, 0.25) is 0 Å². The van der Waals surface area contributed by atoms with Crippen molar-refractivity contribution in [3.63, 3.8) is 0 Å². The maximum absolute atomic E-state index is 5.28. The summed E-state index contributed by atoms with van der Waals surface area (Å²) >= 11 is 0. The lowest BCUT2D eigenvalue weighted by atomic mass is 10.2. The number of nitrogens with zero attached hydrogens (tertiary/aromatic N) is 1. The molecule has 0 radical (unpaired) electrons. The van der Waals surface area contributed by atoms with Crippen LogP contribution >= 0.6 is 0 Å². The predicted molar refractivity (Wildman–Crippen MR) is 64.2 cm³/mol. The topological polar surface area (TPSA) is 24.5 Å². The molecule has 0 saturated heterocycles. The van der Waals surface area contributed by atoms with Gasteiger partial charge in [0.25, 0.3) is 0 Å². The van der Waals surface area contributed by atoms with Crippen molar-refractivity contribution < 1.29 is 4.74 Å². The summed E-state index contributed by atoms with van der Waals surface area (Å²) in [7, 11) is 4.00. The van der Waals surface area contributed by atoms with Crippen LogP contribution in [-0.4, -0.2) is 50.8 Å². The molecule has 15 heavy (non-hydrogen) atoms. The second kappa shape index (κ2) is 6.46. The highest BCUT2D eigenvalue weighted by molar-refractivity contribution is 4.80. The highest BCUT2D eigenvalue weighted by Gasteiger charge is 2.25. The zero-order valence-electron chi connectivity index (χ0n) is 10.6. The fourth-order valence-electron chi connectivity index (χ4n) is 1.76. The van der Waals surface area contributed by atoms with Crippen molar-refractivity contribution in [1.82, 2.24) is 10.2 Å². The Morgan fingerprint density at radius 2 is 2.07 bits per heavy atom. The van der Waals surface area contributed by atoms with Gasteiger partial charge in [0.05, 0.1) is 6.61 Å². The molecular weight excluding hydrogens is 188 g/mol. The van der Waals surface area contributed by atoms with Crippen molar-refractivity contribution in [2.45, 2.75) is 38.8 Å². The third kappa shape index (κ3) is 5.50. The minimum Gasteiger partial charge on any atom is -0.383 e. The van der Waals surface area contributed by atoms with Gasteiger partial charge < -0.3 is 10.1 Å². The average molecular weight is 214 g/mol. The van der Waals surface area contributed by atoms with E-state index in [1.807, 2.05) is 0 Å². The van der Waals surface area contributed by atoms with Gasteiger partial charge in [-0.2, -0.15) is 0 Å². The number of rotatable bonds is 8. The summed E-state index contributed by atoms with van der Waals surface area (Å²) in [6, 6.07) is 1.07. The maximum atomic E-state index is 5.28. The summed E-state index contributed by atoms with van der Waals surface area (Å²) in [5, 5.41) is 3.48. The normalized spacial score (nSPS) is 18.8. The van der Waals surface area contributed by atoms with E-state index >= 15 is 0 Å². The third-order valence-corrected chi connectivity index (χ3v) is 2.99. The van der Waals surface area contributed by atoms with Gasteiger partial charge in [-0.15, -0.1) is 0 Å². The molecule has 1 unspecified atom stereocenters. The Bertz CT molecular complexity index is 169. The fraction of sp³-hybridized carbons (Fsp3) is 1.00. The lowest BCUT2D eigenvalue weighted by molar-refractivity contribution is 0.101. The van der Waals surface area contributed by atoms with Gasteiger partial charge in [-0.3, -0.25) is 4.90 Å². The summed E-state index contributed by atoms with van der Waals surface area (Å²) in [6.45, 7) is 7.45. The van der Waals surface area contributed by atoms with Gasteiger partial charge in [0.1, 0.15) is 0 Å². The van der Waals surface area contributed by atoms with Crippen LogP contribution in [0.5, 0.6) is 0 Å². The van der Waals surface area contributed by atoms with Crippen LogP contribution in [0.1, 0.15) is 26.7 Å². The molecule has 3 heteroatoms. The van der Waals surface area contributed by atoms with Crippen LogP contribution in [0, 0.1) is 5.92 Å². The maximum Gasteiger partial charge on any atom is 0.0630 e. The number of ether oxygens (including phenoxy) is 1. The van der Waals surface area contributed by atoms with Crippen LogP contribution in [0.15, 0.2) is 0 Å². The smallest absolute Gasteiger partial charge is 0.0630 e. The van der Waals surface area contributed by atoms with Crippen molar-refractivity contribution in [2.24, 2.45) is 5.92 Å². The van der Waals surface area contributed by atoms with E-state index in [9.17, 15) is 0 Å². The van der Waals surface area contributed by atoms with Crippen LogP contribution in [-0.2, 0) is 4.74 Å². The molecule has 1 saturated carbocycles. The zero-order chi connectivity index (χ0) is 11.3. The fourth-order valence-corrected chi connectivity index (χ4v) is 1.76. The average Bonchev–Trinajstić information content (AvgIpc) is 2.95. The van der Waals surface area contributed by atoms with Crippen molar-refractivity contribution >= 4 is 0 Å². The minimum atomic E-state index is 0.512. The first kappa shape index (κ1) is 12.9. The highest BCUT2D eigenvalue weighted by Crippen LogP contribution is 2.29. The molecule has 1 rings (SSSR count). The van der Waals surface area contributed by atoms with Crippen LogP contribution in [0.25, 0.3) is 0 Å². The molecule has 1 fully saturated rings. The molecule has 1 N–H and O–H groups in total. The number of methoxy groups -OCH3 is 1. The third-order valence-electron chi connectivity index (χ3n) is 2.99. The largest absolute Gasteiger partial charge is 0.383 e. The van der Waals surface area contributed by atoms with E-state index in [4.69, 9.17) is 4.74 Å². The molecule has 90 valence electrons. The molecule has 0 aliphatic heterocycles. The van der Waals surface area contributed by atoms with Crippen molar-refractivity contribution in [3.05, 3.63) is 0 Å². The molecule has 1 atom stereocenters. The minimum absolute atomic E-state index is 0.512. The van der Waals surface area contributed by atoms with Gasteiger partial charge in [0.15, 0.2) is 0 Å². The molecule has 3 nitrogen and oxygen atoms in total. The molecule has 1 aliphatic carbocycles. The number of hydrogen-bond donors (Lipinski definition) is 1. The predicted octanol–water partition coefficient (Wildman–Crippen LogP) is 1.34.